The third kappa shape index (κ3) is 3.08. The van der Waals surface area contributed by atoms with Crippen molar-refractivity contribution in [2.24, 2.45) is 0 Å². The van der Waals surface area contributed by atoms with Crippen molar-refractivity contribution in [2.75, 3.05) is 31.6 Å². The zero-order valence-electron chi connectivity index (χ0n) is 11.8. The molecule has 2 heterocycles. The Morgan fingerprint density at radius 3 is 2.43 bits per heavy atom. The van der Waals surface area contributed by atoms with E-state index >= 15 is 0 Å². The molecule has 0 radical (unpaired) electrons. The van der Waals surface area contributed by atoms with Gasteiger partial charge in [0.2, 0.25) is 0 Å². The third-order valence-electron chi connectivity index (χ3n) is 4.49. The highest BCUT2D eigenvalue weighted by molar-refractivity contribution is 7.91. The normalized spacial score (nSPS) is 29.5. The molecule has 0 N–H and O–H groups in total. The monoisotopic (exact) mass is 348 g/mol. The number of piperazine rings is 1. The van der Waals surface area contributed by atoms with Crippen LogP contribution in [0.1, 0.15) is 5.56 Å². The van der Waals surface area contributed by atoms with Crippen molar-refractivity contribution in [1.29, 1.82) is 0 Å². The minimum Gasteiger partial charge on any atom is -0.300 e. The van der Waals surface area contributed by atoms with Crippen LogP contribution in [0.3, 0.4) is 0 Å². The lowest BCUT2D eigenvalue weighted by Gasteiger charge is -2.42. The molecule has 2 fully saturated rings. The molecule has 2 aliphatic heterocycles. The summed E-state index contributed by atoms with van der Waals surface area (Å²) < 4.78 is 23.9. The molecule has 2 aliphatic rings. The summed E-state index contributed by atoms with van der Waals surface area (Å²) in [5.74, 6) is 0.477. The maximum Gasteiger partial charge on any atom is 0.153 e. The predicted octanol–water partition coefficient (Wildman–Crippen LogP) is 1.91. The van der Waals surface area contributed by atoms with Crippen molar-refractivity contribution in [3.63, 3.8) is 0 Å². The largest absolute Gasteiger partial charge is 0.300 e. The van der Waals surface area contributed by atoms with Gasteiger partial charge >= 0.3 is 0 Å². The number of sulfone groups is 1. The standard InChI is InChI=1S/C14H18Cl2N2O2S/c1-17-5-6-18(14-9-21(19,20)8-13(14)17)7-10-11(15)3-2-4-12(10)16/h2-4,13-14H,5-9H2,1H3/t13-,14+/m1/s1. The molecule has 2 atom stereocenters. The van der Waals surface area contributed by atoms with Crippen molar-refractivity contribution in [3.05, 3.63) is 33.8 Å². The van der Waals surface area contributed by atoms with Gasteiger partial charge in [0.05, 0.1) is 11.5 Å². The summed E-state index contributed by atoms with van der Waals surface area (Å²) >= 11 is 12.5. The van der Waals surface area contributed by atoms with Gasteiger partial charge in [0.15, 0.2) is 9.84 Å². The molecule has 0 spiro atoms. The Hall–Kier alpha value is -0.330. The lowest BCUT2D eigenvalue weighted by atomic mass is 10.0. The number of halogens is 2. The molecule has 21 heavy (non-hydrogen) atoms. The van der Waals surface area contributed by atoms with E-state index in [2.05, 4.69) is 9.80 Å². The number of rotatable bonds is 2. The fraction of sp³-hybridized carbons (Fsp3) is 0.571. The molecule has 0 bridgehead atoms. The first-order valence-electron chi connectivity index (χ1n) is 6.95. The Bertz CT molecular complexity index is 630. The minimum atomic E-state index is -2.96. The Morgan fingerprint density at radius 2 is 1.76 bits per heavy atom. The van der Waals surface area contributed by atoms with Crippen molar-refractivity contribution >= 4 is 33.0 Å². The van der Waals surface area contributed by atoms with E-state index in [0.717, 1.165) is 18.7 Å². The van der Waals surface area contributed by atoms with Gasteiger partial charge in [-0.15, -0.1) is 0 Å². The van der Waals surface area contributed by atoms with E-state index in [4.69, 9.17) is 23.2 Å². The topological polar surface area (TPSA) is 40.6 Å². The molecule has 0 saturated carbocycles. The molecule has 1 aromatic carbocycles. The zero-order chi connectivity index (χ0) is 15.2. The van der Waals surface area contributed by atoms with Gasteiger partial charge in [0.25, 0.3) is 0 Å². The highest BCUT2D eigenvalue weighted by Crippen LogP contribution is 2.31. The Labute approximate surface area is 135 Å². The van der Waals surface area contributed by atoms with E-state index in [9.17, 15) is 8.42 Å². The molecule has 0 amide bonds. The highest BCUT2D eigenvalue weighted by atomic mass is 35.5. The number of benzene rings is 1. The molecule has 1 aromatic rings. The fourth-order valence-electron chi connectivity index (χ4n) is 3.28. The molecule has 0 unspecified atom stereocenters. The van der Waals surface area contributed by atoms with Crippen LogP contribution in [0.25, 0.3) is 0 Å². The van der Waals surface area contributed by atoms with E-state index in [-0.39, 0.29) is 23.6 Å². The number of likely N-dealkylation sites (N-methyl/N-ethyl adjacent to an activating group) is 1. The van der Waals surface area contributed by atoms with Crippen LogP contribution in [0.15, 0.2) is 18.2 Å². The molecular weight excluding hydrogens is 331 g/mol. The predicted molar refractivity (Wildman–Crippen MR) is 85.7 cm³/mol. The van der Waals surface area contributed by atoms with E-state index in [1.165, 1.54) is 0 Å². The summed E-state index contributed by atoms with van der Waals surface area (Å²) in [6.45, 7) is 2.29. The third-order valence-corrected chi connectivity index (χ3v) is 6.90. The molecular formula is C14H18Cl2N2O2S. The van der Waals surface area contributed by atoms with Crippen LogP contribution in [0.2, 0.25) is 10.0 Å². The van der Waals surface area contributed by atoms with Crippen LogP contribution in [0.4, 0.5) is 0 Å². The Morgan fingerprint density at radius 1 is 1.14 bits per heavy atom. The number of hydrogen-bond donors (Lipinski definition) is 0. The van der Waals surface area contributed by atoms with Crippen LogP contribution in [0, 0.1) is 0 Å². The summed E-state index contributed by atoms with van der Waals surface area (Å²) in [6.07, 6.45) is 0. The second-order valence-corrected chi connectivity index (χ2v) is 8.83. The summed E-state index contributed by atoms with van der Waals surface area (Å²) in [5.41, 5.74) is 0.883. The summed E-state index contributed by atoms with van der Waals surface area (Å²) in [7, 11) is -0.958. The molecule has 4 nitrogen and oxygen atoms in total. The van der Waals surface area contributed by atoms with E-state index in [1.807, 2.05) is 25.2 Å². The van der Waals surface area contributed by atoms with Crippen molar-refractivity contribution in [3.8, 4) is 0 Å². The van der Waals surface area contributed by atoms with Gasteiger partial charge in [-0.2, -0.15) is 0 Å². The van der Waals surface area contributed by atoms with E-state index in [0.29, 0.717) is 16.6 Å². The maximum absolute atomic E-state index is 12.0. The average Bonchev–Trinajstić information content (AvgIpc) is 2.73. The minimum absolute atomic E-state index is 0.0288. The van der Waals surface area contributed by atoms with Crippen LogP contribution >= 0.6 is 23.2 Å². The molecule has 7 heteroatoms. The summed E-state index contributed by atoms with van der Waals surface area (Å²) in [4.78, 5) is 4.36. The van der Waals surface area contributed by atoms with Gasteiger partial charge in [0.1, 0.15) is 0 Å². The van der Waals surface area contributed by atoms with Crippen molar-refractivity contribution in [1.82, 2.24) is 9.80 Å². The number of nitrogens with zero attached hydrogens (tertiary/aromatic N) is 2. The quantitative estimate of drug-likeness (QED) is 0.818. The smallest absolute Gasteiger partial charge is 0.153 e. The van der Waals surface area contributed by atoms with Gasteiger partial charge in [-0.3, -0.25) is 9.80 Å². The first-order chi connectivity index (χ1) is 9.87. The lowest BCUT2D eigenvalue weighted by Crippen LogP contribution is -2.57. The Balaban J connectivity index is 1.86. The molecule has 116 valence electrons. The van der Waals surface area contributed by atoms with E-state index in [1.54, 1.807) is 0 Å². The van der Waals surface area contributed by atoms with Crippen LogP contribution in [0.5, 0.6) is 0 Å². The van der Waals surface area contributed by atoms with Gasteiger partial charge in [-0.25, -0.2) is 8.42 Å². The second kappa shape index (κ2) is 5.70. The van der Waals surface area contributed by atoms with Crippen LogP contribution in [-0.4, -0.2) is 61.9 Å². The molecule has 0 aliphatic carbocycles. The van der Waals surface area contributed by atoms with Gasteiger partial charge < -0.3 is 0 Å². The second-order valence-electron chi connectivity index (χ2n) is 5.86. The first kappa shape index (κ1) is 15.6. The van der Waals surface area contributed by atoms with Gasteiger partial charge in [-0.05, 0) is 19.2 Å². The van der Waals surface area contributed by atoms with Crippen molar-refractivity contribution in [2.45, 2.75) is 18.6 Å². The van der Waals surface area contributed by atoms with E-state index < -0.39 is 9.84 Å². The van der Waals surface area contributed by atoms with Crippen molar-refractivity contribution < 1.29 is 8.42 Å². The number of fused-ring (bicyclic) bond motifs is 1. The zero-order valence-corrected chi connectivity index (χ0v) is 14.1. The summed E-state index contributed by atoms with van der Waals surface area (Å²) in [6, 6.07) is 5.57. The SMILES string of the molecule is CN1CCN(Cc2c(Cl)cccc2Cl)[C@H]2CS(=O)(=O)C[C@H]21. The number of hydrogen-bond acceptors (Lipinski definition) is 4. The Kier molecular flexibility index (Phi) is 4.23. The molecule has 3 rings (SSSR count). The summed E-state index contributed by atoms with van der Waals surface area (Å²) in [5, 5.41) is 1.28. The molecule has 2 saturated heterocycles. The average molecular weight is 349 g/mol. The van der Waals surface area contributed by atoms with Crippen LogP contribution in [-0.2, 0) is 16.4 Å². The first-order valence-corrected chi connectivity index (χ1v) is 9.53. The van der Waals surface area contributed by atoms with Gasteiger partial charge in [0, 0.05) is 47.3 Å². The van der Waals surface area contributed by atoms with Crippen LogP contribution < -0.4 is 0 Å². The highest BCUT2D eigenvalue weighted by Gasteiger charge is 2.45. The maximum atomic E-state index is 12.0. The fourth-order valence-corrected chi connectivity index (χ4v) is 5.88. The van der Waals surface area contributed by atoms with Gasteiger partial charge in [-0.1, -0.05) is 29.3 Å². The lowest BCUT2D eigenvalue weighted by molar-refractivity contribution is 0.0573. The molecule has 0 aromatic heterocycles.